The summed E-state index contributed by atoms with van der Waals surface area (Å²) in [6.07, 6.45) is 0. The van der Waals surface area contributed by atoms with Crippen LogP contribution in [-0.4, -0.2) is 30.8 Å². The molecule has 2 heterocycles. The number of thiophene rings is 1. The Morgan fingerprint density at radius 2 is 2.16 bits per heavy atom. The SMILES string of the molecule is CN(C)c1nnc(SCc2ccc(C#CCN)s2)s1. The Balaban J connectivity index is 1.92. The molecule has 0 saturated heterocycles. The van der Waals surface area contributed by atoms with Crippen molar-refractivity contribution in [2.45, 2.75) is 10.1 Å². The summed E-state index contributed by atoms with van der Waals surface area (Å²) in [4.78, 5) is 4.31. The summed E-state index contributed by atoms with van der Waals surface area (Å²) in [6.45, 7) is 0.403. The van der Waals surface area contributed by atoms with E-state index < -0.39 is 0 Å². The number of hydrogen-bond donors (Lipinski definition) is 1. The molecule has 0 saturated carbocycles. The van der Waals surface area contributed by atoms with Crippen molar-refractivity contribution in [2.75, 3.05) is 25.5 Å². The van der Waals surface area contributed by atoms with Crippen molar-refractivity contribution in [1.82, 2.24) is 10.2 Å². The number of rotatable bonds is 4. The zero-order valence-electron chi connectivity index (χ0n) is 10.7. The number of nitrogens with zero attached hydrogens (tertiary/aromatic N) is 3. The molecule has 0 aliphatic carbocycles. The van der Waals surface area contributed by atoms with Crippen molar-refractivity contribution >= 4 is 39.6 Å². The minimum absolute atomic E-state index is 0.403. The van der Waals surface area contributed by atoms with Crippen molar-refractivity contribution in [3.8, 4) is 11.8 Å². The van der Waals surface area contributed by atoms with Gasteiger partial charge in [-0.3, -0.25) is 0 Å². The topological polar surface area (TPSA) is 55.0 Å². The van der Waals surface area contributed by atoms with Crippen LogP contribution in [0, 0.1) is 11.8 Å². The maximum atomic E-state index is 5.35. The van der Waals surface area contributed by atoms with Gasteiger partial charge in [-0.15, -0.1) is 21.5 Å². The fourth-order valence-electron chi connectivity index (χ4n) is 1.24. The van der Waals surface area contributed by atoms with Gasteiger partial charge in [0, 0.05) is 24.7 Å². The summed E-state index contributed by atoms with van der Waals surface area (Å²) in [7, 11) is 3.94. The van der Waals surface area contributed by atoms with E-state index in [1.54, 1.807) is 34.4 Å². The average Bonchev–Trinajstić information content (AvgIpc) is 3.03. The largest absolute Gasteiger partial charge is 0.353 e. The lowest BCUT2D eigenvalue weighted by molar-refractivity contribution is 0.973. The highest BCUT2D eigenvalue weighted by molar-refractivity contribution is 8.00. The predicted molar refractivity (Wildman–Crippen MR) is 84.0 cm³/mol. The van der Waals surface area contributed by atoms with Gasteiger partial charge >= 0.3 is 0 Å². The molecule has 0 radical (unpaired) electrons. The molecule has 0 aliphatic rings. The standard InChI is InChI=1S/C12H14N4S3/c1-16(2)11-14-15-12(19-11)17-8-10-6-5-9(18-10)4-3-7-13/h5-6H,7-8,13H2,1-2H3. The van der Waals surface area contributed by atoms with Crippen LogP contribution >= 0.6 is 34.4 Å². The molecular weight excluding hydrogens is 296 g/mol. The molecule has 2 aromatic heterocycles. The van der Waals surface area contributed by atoms with Crippen molar-refractivity contribution in [1.29, 1.82) is 0 Å². The van der Waals surface area contributed by atoms with E-state index in [-0.39, 0.29) is 0 Å². The molecule has 7 heteroatoms. The second-order valence-corrected chi connectivity index (χ2v) is 7.15. The summed E-state index contributed by atoms with van der Waals surface area (Å²) >= 11 is 5.01. The second kappa shape index (κ2) is 6.91. The fourth-order valence-corrected chi connectivity index (χ4v) is 3.92. The second-order valence-electron chi connectivity index (χ2n) is 3.81. The van der Waals surface area contributed by atoms with Crippen molar-refractivity contribution in [3.05, 3.63) is 21.9 Å². The highest BCUT2D eigenvalue weighted by Gasteiger charge is 2.07. The third kappa shape index (κ3) is 4.21. The molecule has 0 aromatic carbocycles. The van der Waals surface area contributed by atoms with Crippen LogP contribution in [0.5, 0.6) is 0 Å². The molecule has 100 valence electrons. The van der Waals surface area contributed by atoms with Gasteiger partial charge in [0.2, 0.25) is 5.13 Å². The van der Waals surface area contributed by atoms with E-state index in [4.69, 9.17) is 5.73 Å². The Morgan fingerprint density at radius 3 is 2.84 bits per heavy atom. The van der Waals surface area contributed by atoms with Crippen LogP contribution in [0.2, 0.25) is 0 Å². The van der Waals surface area contributed by atoms with Crippen molar-refractivity contribution in [2.24, 2.45) is 5.73 Å². The number of nitrogens with two attached hydrogens (primary N) is 1. The molecule has 2 rings (SSSR count). The van der Waals surface area contributed by atoms with Crippen LogP contribution in [0.1, 0.15) is 9.75 Å². The zero-order chi connectivity index (χ0) is 13.7. The van der Waals surface area contributed by atoms with E-state index in [0.717, 1.165) is 20.1 Å². The molecule has 2 N–H and O–H groups in total. The van der Waals surface area contributed by atoms with E-state index in [2.05, 4.69) is 28.1 Å². The minimum atomic E-state index is 0.403. The van der Waals surface area contributed by atoms with E-state index in [0.29, 0.717) is 6.54 Å². The summed E-state index contributed by atoms with van der Waals surface area (Å²) in [6, 6.07) is 4.14. The molecule has 0 aliphatic heterocycles. The predicted octanol–water partition coefficient (Wildman–Crippen LogP) is 2.27. The number of aromatic nitrogens is 2. The Kier molecular flexibility index (Phi) is 5.22. The van der Waals surface area contributed by atoms with Gasteiger partial charge in [-0.05, 0) is 12.1 Å². The third-order valence-electron chi connectivity index (χ3n) is 2.09. The molecule has 0 spiro atoms. The Morgan fingerprint density at radius 1 is 1.32 bits per heavy atom. The van der Waals surface area contributed by atoms with Crippen LogP contribution in [0.15, 0.2) is 16.5 Å². The zero-order valence-corrected chi connectivity index (χ0v) is 13.2. The molecule has 0 fully saturated rings. The van der Waals surface area contributed by atoms with Gasteiger partial charge < -0.3 is 10.6 Å². The van der Waals surface area contributed by atoms with Gasteiger partial charge in [0.05, 0.1) is 11.4 Å². The smallest absolute Gasteiger partial charge is 0.208 e. The molecule has 2 aromatic rings. The molecule has 19 heavy (non-hydrogen) atoms. The van der Waals surface area contributed by atoms with Gasteiger partial charge in [0.25, 0.3) is 0 Å². The quantitative estimate of drug-likeness (QED) is 0.693. The lowest BCUT2D eigenvalue weighted by atomic mass is 10.4. The Bertz CT molecular complexity index is 591. The van der Waals surface area contributed by atoms with Crippen molar-refractivity contribution in [3.63, 3.8) is 0 Å². The van der Waals surface area contributed by atoms with E-state index in [1.165, 1.54) is 4.88 Å². The third-order valence-corrected chi connectivity index (χ3v) is 5.55. The van der Waals surface area contributed by atoms with Crippen LogP contribution < -0.4 is 10.6 Å². The monoisotopic (exact) mass is 310 g/mol. The number of hydrogen-bond acceptors (Lipinski definition) is 7. The first kappa shape index (κ1) is 14.3. The summed E-state index contributed by atoms with van der Waals surface area (Å²) in [5.74, 6) is 6.81. The highest BCUT2D eigenvalue weighted by Crippen LogP contribution is 2.31. The number of anilines is 1. The normalized spacial score (nSPS) is 10.1. The van der Waals surface area contributed by atoms with E-state index >= 15 is 0 Å². The summed E-state index contributed by atoms with van der Waals surface area (Å²) < 4.78 is 0.992. The van der Waals surface area contributed by atoms with Gasteiger partial charge in [0.1, 0.15) is 0 Å². The molecule has 0 bridgehead atoms. The van der Waals surface area contributed by atoms with E-state index in [1.807, 2.05) is 25.1 Å². The first-order chi connectivity index (χ1) is 9.19. The highest BCUT2D eigenvalue weighted by atomic mass is 32.2. The van der Waals surface area contributed by atoms with Gasteiger partial charge in [-0.25, -0.2) is 0 Å². The molecular formula is C12H14N4S3. The first-order valence-corrected chi connectivity index (χ1v) is 8.22. The van der Waals surface area contributed by atoms with Crippen molar-refractivity contribution < 1.29 is 0 Å². The van der Waals surface area contributed by atoms with Crippen LogP contribution in [-0.2, 0) is 5.75 Å². The maximum absolute atomic E-state index is 5.35. The summed E-state index contributed by atoms with van der Waals surface area (Å²) in [5.41, 5.74) is 5.35. The maximum Gasteiger partial charge on any atom is 0.208 e. The molecule has 0 unspecified atom stereocenters. The molecule has 0 amide bonds. The van der Waals surface area contributed by atoms with Gasteiger partial charge in [0.15, 0.2) is 4.34 Å². The summed E-state index contributed by atoms with van der Waals surface area (Å²) in [5, 5.41) is 9.21. The Hall–Kier alpha value is -1.07. The van der Waals surface area contributed by atoms with Gasteiger partial charge in [-0.2, -0.15) is 0 Å². The van der Waals surface area contributed by atoms with Crippen LogP contribution in [0.3, 0.4) is 0 Å². The van der Waals surface area contributed by atoms with Gasteiger partial charge in [-0.1, -0.05) is 34.9 Å². The lowest BCUT2D eigenvalue weighted by Gasteiger charge is -2.03. The number of thioether (sulfide) groups is 1. The fraction of sp³-hybridized carbons (Fsp3) is 0.333. The van der Waals surface area contributed by atoms with E-state index in [9.17, 15) is 0 Å². The average molecular weight is 310 g/mol. The molecule has 0 atom stereocenters. The first-order valence-electron chi connectivity index (χ1n) is 5.60. The van der Waals surface area contributed by atoms with Crippen LogP contribution in [0.25, 0.3) is 0 Å². The van der Waals surface area contributed by atoms with Crippen LogP contribution in [0.4, 0.5) is 5.13 Å². The molecule has 4 nitrogen and oxygen atoms in total. The lowest BCUT2D eigenvalue weighted by Crippen LogP contribution is -2.07. The minimum Gasteiger partial charge on any atom is -0.353 e. The Labute approximate surface area is 125 Å².